The normalized spacial score (nSPS) is 43.8. The van der Waals surface area contributed by atoms with Gasteiger partial charge in [0.1, 0.15) is 0 Å². The number of aliphatic hydroxyl groups is 3. The van der Waals surface area contributed by atoms with E-state index >= 15 is 0 Å². The molecule has 4 fully saturated rings. The van der Waals surface area contributed by atoms with Crippen LogP contribution >= 0.6 is 0 Å². The molecular weight excluding hydrogens is 468 g/mol. The van der Waals surface area contributed by atoms with Crippen LogP contribution in [0.25, 0.3) is 0 Å². The predicted molar refractivity (Wildman–Crippen MR) is 143 cm³/mol. The van der Waals surface area contributed by atoms with Crippen molar-refractivity contribution in [2.24, 2.45) is 46.3 Å². The maximum Gasteiger partial charge on any atom is 0.220 e. The Hall–Kier alpha value is -1.18. The molecule has 11 atom stereocenters. The van der Waals surface area contributed by atoms with E-state index in [-0.39, 0.29) is 40.6 Å². The van der Waals surface area contributed by atoms with Gasteiger partial charge in [-0.2, -0.15) is 0 Å². The molecule has 37 heavy (non-hydrogen) atoms. The Kier molecular flexibility index (Phi) is 8.97. The molecule has 0 radical (unpaired) electrons. The van der Waals surface area contributed by atoms with Crippen LogP contribution in [0.1, 0.15) is 98.3 Å². The molecule has 7 heteroatoms. The standard InChI is InChI=1S/C30H52N2O5/c1-18(7-10-25(35)32-16-6-5-15-31-19(2)33)21-8-9-22-26-23(12-14-29(21,22)3)30(4)13-11-20(34)17-24(30)27(36)28(26)37/h18,20-24,26-28,34,36-37H,5-17H2,1-4H3,(H,31,33)(H,32,35)/t18-,20-,21-,22+,23+,24+,26+,27-,28+,29-,30-/m1/s1. The van der Waals surface area contributed by atoms with Gasteiger partial charge in [-0.1, -0.05) is 20.8 Å². The molecule has 0 saturated heterocycles. The smallest absolute Gasteiger partial charge is 0.220 e. The molecular formula is C30H52N2O5. The fourth-order valence-electron chi connectivity index (χ4n) is 9.61. The highest BCUT2D eigenvalue weighted by atomic mass is 16.3. The van der Waals surface area contributed by atoms with Crippen LogP contribution in [-0.2, 0) is 9.59 Å². The quantitative estimate of drug-likeness (QED) is 0.299. The molecule has 0 heterocycles. The molecule has 2 amide bonds. The maximum absolute atomic E-state index is 12.5. The van der Waals surface area contributed by atoms with E-state index in [0.717, 1.165) is 57.8 Å². The van der Waals surface area contributed by atoms with E-state index in [9.17, 15) is 24.9 Å². The highest BCUT2D eigenvalue weighted by molar-refractivity contribution is 5.75. The van der Waals surface area contributed by atoms with Gasteiger partial charge in [-0.05, 0) is 111 Å². The van der Waals surface area contributed by atoms with E-state index in [4.69, 9.17) is 0 Å². The van der Waals surface area contributed by atoms with Crippen molar-refractivity contribution in [3.8, 4) is 0 Å². The van der Waals surface area contributed by atoms with E-state index < -0.39 is 12.2 Å². The largest absolute Gasteiger partial charge is 0.393 e. The van der Waals surface area contributed by atoms with Crippen molar-refractivity contribution >= 4 is 11.8 Å². The number of hydrogen-bond donors (Lipinski definition) is 5. The molecule has 4 aliphatic carbocycles. The van der Waals surface area contributed by atoms with Gasteiger partial charge >= 0.3 is 0 Å². The van der Waals surface area contributed by atoms with Gasteiger partial charge in [0.25, 0.3) is 0 Å². The van der Waals surface area contributed by atoms with Gasteiger partial charge in [0, 0.05) is 26.4 Å². The SMILES string of the molecule is CC(=O)NCCCCNC(=O)CC[C@@H](C)[C@H]1CC[C@H]2[C@@H]3[C@H](O)[C@H](O)[C@@H]4C[C@H](O)CC[C@]4(C)[C@H]3CC[C@]12C. The van der Waals surface area contributed by atoms with Crippen molar-refractivity contribution in [3.63, 3.8) is 0 Å². The third kappa shape index (κ3) is 5.60. The molecule has 4 saturated carbocycles. The Morgan fingerprint density at radius 2 is 1.51 bits per heavy atom. The topological polar surface area (TPSA) is 119 Å². The molecule has 5 N–H and O–H groups in total. The number of fused-ring (bicyclic) bond motifs is 5. The summed E-state index contributed by atoms with van der Waals surface area (Å²) in [6.45, 7) is 9.87. The molecule has 212 valence electrons. The number of unbranched alkanes of at least 4 members (excludes halogenated alkanes) is 1. The van der Waals surface area contributed by atoms with Crippen LogP contribution in [0.3, 0.4) is 0 Å². The highest BCUT2D eigenvalue weighted by Gasteiger charge is 2.65. The second-order valence-corrected chi connectivity index (χ2v) is 13.6. The summed E-state index contributed by atoms with van der Waals surface area (Å²) in [5.74, 6) is 2.00. The summed E-state index contributed by atoms with van der Waals surface area (Å²) < 4.78 is 0. The molecule has 0 unspecified atom stereocenters. The summed E-state index contributed by atoms with van der Waals surface area (Å²) in [5, 5.41) is 38.8. The molecule has 0 aromatic carbocycles. The lowest BCUT2D eigenvalue weighted by Crippen LogP contribution is -2.64. The fraction of sp³-hybridized carbons (Fsp3) is 0.933. The molecule has 4 rings (SSSR count). The van der Waals surface area contributed by atoms with Crippen LogP contribution in [-0.4, -0.2) is 58.5 Å². The first kappa shape index (κ1) is 28.8. The third-order valence-corrected chi connectivity index (χ3v) is 11.6. The minimum Gasteiger partial charge on any atom is -0.393 e. The molecule has 7 nitrogen and oxygen atoms in total. The van der Waals surface area contributed by atoms with E-state index in [1.165, 1.54) is 6.92 Å². The van der Waals surface area contributed by atoms with Gasteiger partial charge in [-0.3, -0.25) is 9.59 Å². The number of amides is 2. The molecule has 0 bridgehead atoms. The third-order valence-electron chi connectivity index (χ3n) is 11.6. The lowest BCUT2D eigenvalue weighted by atomic mass is 9.43. The monoisotopic (exact) mass is 520 g/mol. The summed E-state index contributed by atoms with van der Waals surface area (Å²) in [5.41, 5.74) is 0.132. The zero-order chi connectivity index (χ0) is 27.0. The number of aliphatic hydroxyl groups excluding tert-OH is 3. The van der Waals surface area contributed by atoms with E-state index in [2.05, 4.69) is 31.4 Å². The molecule has 4 aliphatic rings. The van der Waals surface area contributed by atoms with Crippen LogP contribution in [0.4, 0.5) is 0 Å². The molecule has 0 spiro atoms. The van der Waals surface area contributed by atoms with Crippen molar-refractivity contribution in [2.45, 2.75) is 117 Å². The fourth-order valence-corrected chi connectivity index (χ4v) is 9.61. The lowest BCUT2D eigenvalue weighted by Gasteiger charge is -2.63. The summed E-state index contributed by atoms with van der Waals surface area (Å²) in [7, 11) is 0. The van der Waals surface area contributed by atoms with Gasteiger partial charge < -0.3 is 26.0 Å². The number of rotatable bonds is 9. The Labute approximate surface area is 223 Å². The zero-order valence-electron chi connectivity index (χ0n) is 23.5. The average molecular weight is 521 g/mol. The van der Waals surface area contributed by atoms with E-state index in [1.807, 2.05) is 0 Å². The Morgan fingerprint density at radius 1 is 0.865 bits per heavy atom. The number of hydrogen-bond acceptors (Lipinski definition) is 5. The maximum atomic E-state index is 12.5. The number of carbonyl (C=O) groups is 2. The first-order valence-electron chi connectivity index (χ1n) is 15.0. The van der Waals surface area contributed by atoms with Crippen molar-refractivity contribution in [1.82, 2.24) is 10.6 Å². The molecule has 0 aliphatic heterocycles. The Bertz CT molecular complexity index is 822. The molecule has 0 aromatic heterocycles. The summed E-state index contributed by atoms with van der Waals surface area (Å²) in [6.07, 6.45) is 8.16. The lowest BCUT2D eigenvalue weighted by molar-refractivity contribution is -0.223. The van der Waals surface area contributed by atoms with Crippen molar-refractivity contribution in [3.05, 3.63) is 0 Å². The summed E-state index contributed by atoms with van der Waals surface area (Å²) >= 11 is 0. The van der Waals surface area contributed by atoms with Crippen LogP contribution in [0.5, 0.6) is 0 Å². The second-order valence-electron chi connectivity index (χ2n) is 13.6. The van der Waals surface area contributed by atoms with E-state index in [1.54, 1.807) is 0 Å². The number of nitrogens with one attached hydrogen (secondary N) is 2. The van der Waals surface area contributed by atoms with Gasteiger partial charge in [0.15, 0.2) is 0 Å². The Morgan fingerprint density at radius 3 is 2.22 bits per heavy atom. The first-order valence-corrected chi connectivity index (χ1v) is 15.0. The highest BCUT2D eigenvalue weighted by Crippen LogP contribution is 2.68. The van der Waals surface area contributed by atoms with Crippen molar-refractivity contribution in [2.75, 3.05) is 13.1 Å². The van der Waals surface area contributed by atoms with Gasteiger partial charge in [-0.15, -0.1) is 0 Å². The predicted octanol–water partition coefficient (Wildman–Crippen LogP) is 3.40. The van der Waals surface area contributed by atoms with Crippen LogP contribution < -0.4 is 10.6 Å². The van der Waals surface area contributed by atoms with E-state index in [0.29, 0.717) is 49.6 Å². The summed E-state index contributed by atoms with van der Waals surface area (Å²) in [6, 6.07) is 0. The minimum atomic E-state index is -0.748. The van der Waals surface area contributed by atoms with Crippen LogP contribution in [0.15, 0.2) is 0 Å². The van der Waals surface area contributed by atoms with Gasteiger partial charge in [-0.25, -0.2) is 0 Å². The van der Waals surface area contributed by atoms with Crippen LogP contribution in [0, 0.1) is 46.3 Å². The second kappa shape index (κ2) is 11.5. The van der Waals surface area contributed by atoms with Crippen LogP contribution in [0.2, 0.25) is 0 Å². The Balaban J connectivity index is 1.33. The van der Waals surface area contributed by atoms with Gasteiger partial charge in [0.05, 0.1) is 18.3 Å². The summed E-state index contributed by atoms with van der Waals surface area (Å²) in [4.78, 5) is 23.4. The number of carbonyl (C=O) groups excluding carboxylic acids is 2. The first-order chi connectivity index (χ1) is 17.5. The minimum absolute atomic E-state index is 0.00615. The van der Waals surface area contributed by atoms with Crippen molar-refractivity contribution in [1.29, 1.82) is 0 Å². The molecule has 0 aromatic rings. The van der Waals surface area contributed by atoms with Crippen molar-refractivity contribution < 1.29 is 24.9 Å². The van der Waals surface area contributed by atoms with Gasteiger partial charge in [0.2, 0.25) is 11.8 Å². The average Bonchev–Trinajstić information content (AvgIpc) is 3.21. The zero-order valence-corrected chi connectivity index (χ0v) is 23.5.